The summed E-state index contributed by atoms with van der Waals surface area (Å²) in [5.74, 6) is -1.58. The summed E-state index contributed by atoms with van der Waals surface area (Å²) in [5, 5.41) is 7.33. The van der Waals surface area contributed by atoms with Gasteiger partial charge in [-0.2, -0.15) is 13.2 Å². The first kappa shape index (κ1) is 34.4. The SMILES string of the molecule is CC(C)CC(NC(=O)OCc1ccccc1)C(=O)NC(CCCN=C(N)N)C(=O)Nc1ccc2c(C(F)(F)F)cc(=O)oc2c1. The monoisotopic (exact) mass is 632 g/mol. The van der Waals surface area contributed by atoms with Crippen LogP contribution < -0.4 is 33.0 Å². The van der Waals surface area contributed by atoms with Gasteiger partial charge >= 0.3 is 17.9 Å². The minimum atomic E-state index is -4.81. The van der Waals surface area contributed by atoms with Crippen LogP contribution in [0.5, 0.6) is 0 Å². The summed E-state index contributed by atoms with van der Waals surface area (Å²) in [5.41, 5.74) is 8.71. The Bertz CT molecular complexity index is 1570. The lowest BCUT2D eigenvalue weighted by Crippen LogP contribution is -2.53. The zero-order valence-electron chi connectivity index (χ0n) is 24.6. The predicted molar refractivity (Wildman–Crippen MR) is 161 cm³/mol. The fourth-order valence-corrected chi connectivity index (χ4v) is 4.36. The zero-order valence-corrected chi connectivity index (χ0v) is 24.6. The van der Waals surface area contributed by atoms with Crippen molar-refractivity contribution < 1.29 is 36.7 Å². The van der Waals surface area contributed by atoms with Gasteiger partial charge in [-0.25, -0.2) is 9.59 Å². The summed E-state index contributed by atoms with van der Waals surface area (Å²) in [4.78, 5) is 54.9. The fourth-order valence-electron chi connectivity index (χ4n) is 4.36. The number of amides is 3. The van der Waals surface area contributed by atoms with Gasteiger partial charge in [0.15, 0.2) is 5.96 Å². The van der Waals surface area contributed by atoms with Gasteiger partial charge < -0.3 is 36.6 Å². The summed E-state index contributed by atoms with van der Waals surface area (Å²) < 4.78 is 50.5. The second-order valence-corrected chi connectivity index (χ2v) is 10.6. The molecule has 2 atom stereocenters. The molecule has 1 heterocycles. The van der Waals surface area contributed by atoms with Crippen LogP contribution in [-0.4, -0.2) is 42.5 Å². The normalized spacial score (nSPS) is 12.7. The van der Waals surface area contributed by atoms with Crippen LogP contribution in [0.1, 0.15) is 44.2 Å². The number of hydrogen-bond acceptors (Lipinski definition) is 7. The lowest BCUT2D eigenvalue weighted by Gasteiger charge is -2.24. The van der Waals surface area contributed by atoms with Gasteiger partial charge in [-0.3, -0.25) is 14.6 Å². The number of hydrogen-bond donors (Lipinski definition) is 5. The molecule has 45 heavy (non-hydrogen) atoms. The van der Waals surface area contributed by atoms with E-state index in [1.54, 1.807) is 24.3 Å². The molecule has 2 unspecified atom stereocenters. The largest absolute Gasteiger partial charge is 0.445 e. The van der Waals surface area contributed by atoms with Gasteiger partial charge in [0, 0.05) is 29.8 Å². The summed E-state index contributed by atoms with van der Waals surface area (Å²) in [6, 6.07) is 10.4. The summed E-state index contributed by atoms with van der Waals surface area (Å²) in [6.07, 6.45) is -5.09. The van der Waals surface area contributed by atoms with Gasteiger partial charge in [-0.05, 0) is 42.9 Å². The van der Waals surface area contributed by atoms with Gasteiger partial charge in [-0.15, -0.1) is 0 Å². The van der Waals surface area contributed by atoms with E-state index in [9.17, 15) is 32.3 Å². The number of aliphatic imine (C=N–C) groups is 1. The molecule has 2 aromatic carbocycles. The highest BCUT2D eigenvalue weighted by molar-refractivity contribution is 5.99. The quantitative estimate of drug-likeness (QED) is 0.0816. The van der Waals surface area contributed by atoms with E-state index in [-0.39, 0.29) is 55.4 Å². The molecule has 0 aliphatic rings. The number of fused-ring (bicyclic) bond motifs is 1. The third kappa shape index (κ3) is 10.9. The van der Waals surface area contributed by atoms with Crippen molar-refractivity contribution in [2.75, 3.05) is 11.9 Å². The Morgan fingerprint density at radius 2 is 1.69 bits per heavy atom. The zero-order chi connectivity index (χ0) is 33.1. The van der Waals surface area contributed by atoms with Crippen molar-refractivity contribution >= 4 is 40.5 Å². The van der Waals surface area contributed by atoms with E-state index in [4.69, 9.17) is 20.6 Å². The molecular formula is C30H35F3N6O6. The molecule has 15 heteroatoms. The van der Waals surface area contributed by atoms with Crippen LogP contribution in [0.25, 0.3) is 11.0 Å². The minimum Gasteiger partial charge on any atom is -0.445 e. The molecule has 0 radical (unpaired) electrons. The maximum absolute atomic E-state index is 13.4. The number of nitrogens with two attached hydrogens (primary N) is 2. The van der Waals surface area contributed by atoms with Crippen molar-refractivity contribution in [3.63, 3.8) is 0 Å². The molecular weight excluding hydrogens is 597 g/mol. The molecule has 242 valence electrons. The van der Waals surface area contributed by atoms with Crippen molar-refractivity contribution in [1.82, 2.24) is 10.6 Å². The van der Waals surface area contributed by atoms with E-state index in [0.29, 0.717) is 6.07 Å². The molecule has 12 nitrogen and oxygen atoms in total. The van der Waals surface area contributed by atoms with Crippen molar-refractivity contribution in [1.29, 1.82) is 0 Å². The summed E-state index contributed by atoms with van der Waals surface area (Å²) >= 11 is 0. The molecule has 3 aromatic rings. The van der Waals surface area contributed by atoms with Gasteiger partial charge in [-0.1, -0.05) is 44.2 Å². The first-order chi connectivity index (χ1) is 21.2. The van der Waals surface area contributed by atoms with Crippen LogP contribution in [-0.2, 0) is 27.1 Å². The Morgan fingerprint density at radius 3 is 2.33 bits per heavy atom. The number of benzene rings is 2. The van der Waals surface area contributed by atoms with E-state index in [1.165, 1.54) is 6.07 Å². The first-order valence-corrected chi connectivity index (χ1v) is 14.0. The van der Waals surface area contributed by atoms with Crippen LogP contribution in [0.2, 0.25) is 0 Å². The maximum Gasteiger partial charge on any atom is 0.417 e. The van der Waals surface area contributed by atoms with Gasteiger partial charge in [0.25, 0.3) is 0 Å². The molecule has 0 fully saturated rings. The third-order valence-electron chi connectivity index (χ3n) is 6.42. The number of carbonyl (C=O) groups is 3. The molecule has 0 bridgehead atoms. The molecule has 7 N–H and O–H groups in total. The number of guanidine groups is 1. The molecule has 0 spiro atoms. The van der Waals surface area contributed by atoms with Gasteiger partial charge in [0.1, 0.15) is 24.3 Å². The molecule has 1 aromatic heterocycles. The van der Waals surface area contributed by atoms with E-state index in [2.05, 4.69) is 20.9 Å². The number of carbonyl (C=O) groups excluding carboxylic acids is 3. The first-order valence-electron chi connectivity index (χ1n) is 14.0. The molecule has 0 aliphatic heterocycles. The Balaban J connectivity index is 1.78. The highest BCUT2D eigenvalue weighted by Gasteiger charge is 2.34. The van der Waals surface area contributed by atoms with E-state index < -0.39 is 52.9 Å². The van der Waals surface area contributed by atoms with Gasteiger partial charge in [0.05, 0.1) is 5.56 Å². The number of halogens is 3. The van der Waals surface area contributed by atoms with E-state index >= 15 is 0 Å². The van der Waals surface area contributed by atoms with Crippen LogP contribution in [0.4, 0.5) is 23.7 Å². The van der Waals surface area contributed by atoms with Crippen LogP contribution >= 0.6 is 0 Å². The number of rotatable bonds is 13. The molecule has 3 amide bonds. The Kier molecular flexibility index (Phi) is 11.9. The number of alkyl halides is 3. The van der Waals surface area contributed by atoms with Crippen LogP contribution in [0.15, 0.2) is 68.8 Å². The Morgan fingerprint density at radius 1 is 0.978 bits per heavy atom. The Labute approximate surface area is 256 Å². The van der Waals surface area contributed by atoms with Crippen LogP contribution in [0, 0.1) is 5.92 Å². The lowest BCUT2D eigenvalue weighted by atomic mass is 10.0. The second kappa shape index (κ2) is 15.6. The maximum atomic E-state index is 13.4. The molecule has 0 saturated carbocycles. The number of alkyl carbamates (subject to hydrolysis) is 1. The fraction of sp³-hybridized carbons (Fsp3) is 0.367. The number of nitrogens with one attached hydrogen (secondary N) is 3. The summed E-state index contributed by atoms with van der Waals surface area (Å²) in [7, 11) is 0. The topological polar surface area (TPSA) is 191 Å². The average molecular weight is 633 g/mol. The molecule has 3 rings (SSSR count). The lowest BCUT2D eigenvalue weighted by molar-refractivity contribution is -0.136. The molecule has 0 aliphatic carbocycles. The Hall–Kier alpha value is -5.08. The van der Waals surface area contributed by atoms with Crippen LogP contribution in [0.3, 0.4) is 0 Å². The van der Waals surface area contributed by atoms with Gasteiger partial charge in [0.2, 0.25) is 11.8 Å². The average Bonchev–Trinajstić information content (AvgIpc) is 2.96. The van der Waals surface area contributed by atoms with Crippen molar-refractivity contribution in [3.8, 4) is 0 Å². The molecule has 0 saturated heterocycles. The van der Waals surface area contributed by atoms with Crippen molar-refractivity contribution in [2.45, 2.75) is 58.0 Å². The summed E-state index contributed by atoms with van der Waals surface area (Å²) in [6.45, 7) is 3.82. The van der Waals surface area contributed by atoms with E-state index in [0.717, 1.165) is 17.7 Å². The minimum absolute atomic E-state index is 0.0137. The third-order valence-corrected chi connectivity index (χ3v) is 6.42. The standard InChI is InChI=1S/C30H35F3N6O6/c1-17(2)13-23(39-29(43)44-16-18-7-4-3-5-8-18)27(42)38-22(9-6-12-36-28(34)35)26(41)37-19-10-11-20-21(30(31,32)33)15-25(40)45-24(20)14-19/h3-5,7-8,10-11,14-15,17,22-23H,6,9,12-13,16H2,1-2H3,(H,37,41)(H,38,42)(H,39,43)(H4,34,35,36). The highest BCUT2D eigenvalue weighted by Crippen LogP contribution is 2.34. The second-order valence-electron chi connectivity index (χ2n) is 10.6. The number of nitrogens with zero attached hydrogens (tertiary/aromatic N) is 1. The van der Waals surface area contributed by atoms with Crippen molar-refractivity contribution in [2.24, 2.45) is 22.4 Å². The van der Waals surface area contributed by atoms with E-state index in [1.807, 2.05) is 19.9 Å². The number of ether oxygens (including phenoxy) is 1. The predicted octanol–water partition coefficient (Wildman–Crippen LogP) is 3.63. The number of anilines is 1. The van der Waals surface area contributed by atoms with Crippen molar-refractivity contribution in [3.05, 3.63) is 76.1 Å². The highest BCUT2D eigenvalue weighted by atomic mass is 19.4. The smallest absolute Gasteiger partial charge is 0.417 e.